The molecule has 3 N–H and O–H groups in total. The third-order valence-corrected chi connectivity index (χ3v) is 4.03. The van der Waals surface area contributed by atoms with Crippen molar-refractivity contribution in [3.8, 4) is 0 Å². The third-order valence-electron chi connectivity index (χ3n) is 2.46. The predicted molar refractivity (Wildman–Crippen MR) is 74.5 cm³/mol. The lowest BCUT2D eigenvalue weighted by molar-refractivity contribution is -0.117. The molecule has 1 heterocycles. The van der Waals surface area contributed by atoms with Crippen LogP contribution in [0.4, 0.5) is 10.5 Å². The lowest BCUT2D eigenvalue weighted by Crippen LogP contribution is -2.38. The van der Waals surface area contributed by atoms with Crippen LogP contribution in [-0.4, -0.2) is 34.0 Å². The number of hydrogen-bond donors (Lipinski definition) is 3. The van der Waals surface area contributed by atoms with Crippen LogP contribution in [0.25, 0.3) is 0 Å². The molecule has 1 aliphatic rings. The highest BCUT2D eigenvalue weighted by Crippen LogP contribution is 2.24. The first-order valence-corrected chi connectivity index (χ1v) is 7.02. The van der Waals surface area contributed by atoms with Crippen molar-refractivity contribution in [2.75, 3.05) is 11.1 Å². The van der Waals surface area contributed by atoms with Crippen molar-refractivity contribution in [2.24, 2.45) is 0 Å². The predicted octanol–water partition coefficient (Wildman–Crippen LogP) is 1.91. The second-order valence-corrected chi connectivity index (χ2v) is 5.63. The lowest BCUT2D eigenvalue weighted by Gasteiger charge is -2.12. The van der Waals surface area contributed by atoms with Gasteiger partial charge in [0, 0.05) is 10.2 Å². The normalized spacial score (nSPS) is 17.9. The van der Waals surface area contributed by atoms with Crippen LogP contribution < -0.4 is 10.6 Å². The molecule has 1 aromatic carbocycles. The first kappa shape index (κ1) is 13.9. The van der Waals surface area contributed by atoms with Crippen molar-refractivity contribution >= 4 is 50.5 Å². The van der Waals surface area contributed by atoms with E-state index in [1.807, 2.05) is 0 Å². The molecular formula is C11H9BrN2O4S. The number of carbonyl (C=O) groups excluding carboxylic acids is 2. The molecule has 8 heteroatoms. The number of amides is 2. The molecule has 2 rings (SSSR count). The smallest absolute Gasteiger partial charge is 0.335 e. The molecule has 100 valence electrons. The molecule has 0 aliphatic carbocycles. The van der Waals surface area contributed by atoms with Crippen LogP contribution in [-0.2, 0) is 4.79 Å². The Bertz CT molecular complexity index is 564. The maximum Gasteiger partial charge on any atom is 0.335 e. The summed E-state index contributed by atoms with van der Waals surface area (Å²) >= 11 is 4.27. The van der Waals surface area contributed by atoms with Gasteiger partial charge in [0.05, 0.1) is 11.3 Å². The quantitative estimate of drug-likeness (QED) is 0.778. The van der Waals surface area contributed by atoms with Gasteiger partial charge in [-0.15, -0.1) is 0 Å². The average molecular weight is 345 g/mol. The van der Waals surface area contributed by atoms with Gasteiger partial charge < -0.3 is 15.7 Å². The number of rotatable bonds is 3. The van der Waals surface area contributed by atoms with Crippen LogP contribution in [0.2, 0.25) is 0 Å². The first-order chi connectivity index (χ1) is 8.97. The van der Waals surface area contributed by atoms with Crippen molar-refractivity contribution < 1.29 is 19.5 Å². The summed E-state index contributed by atoms with van der Waals surface area (Å²) in [6, 6.07) is 3.72. The highest BCUT2D eigenvalue weighted by molar-refractivity contribution is 9.10. The summed E-state index contributed by atoms with van der Waals surface area (Å²) < 4.78 is 0.572. The number of halogens is 1. The van der Waals surface area contributed by atoms with Gasteiger partial charge in [-0.3, -0.25) is 9.59 Å². The van der Waals surface area contributed by atoms with Crippen molar-refractivity contribution in [1.82, 2.24) is 5.32 Å². The average Bonchev–Trinajstić information content (AvgIpc) is 2.78. The van der Waals surface area contributed by atoms with Crippen LogP contribution in [0, 0.1) is 0 Å². The van der Waals surface area contributed by atoms with Crippen molar-refractivity contribution in [2.45, 2.75) is 6.04 Å². The number of carbonyl (C=O) groups is 3. The molecule has 0 radical (unpaired) electrons. The number of anilines is 1. The van der Waals surface area contributed by atoms with Crippen LogP contribution in [0.5, 0.6) is 0 Å². The maximum absolute atomic E-state index is 11.9. The van der Waals surface area contributed by atoms with Crippen molar-refractivity contribution in [3.05, 3.63) is 28.2 Å². The summed E-state index contributed by atoms with van der Waals surface area (Å²) in [4.78, 5) is 33.8. The summed E-state index contributed by atoms with van der Waals surface area (Å²) in [5.74, 6) is -1.09. The third kappa shape index (κ3) is 3.27. The zero-order valence-corrected chi connectivity index (χ0v) is 11.9. The molecule has 0 spiro atoms. The number of benzene rings is 1. The van der Waals surface area contributed by atoms with Gasteiger partial charge >= 0.3 is 5.97 Å². The van der Waals surface area contributed by atoms with Gasteiger partial charge in [-0.05, 0) is 34.1 Å². The van der Waals surface area contributed by atoms with Gasteiger partial charge in [0.1, 0.15) is 6.04 Å². The zero-order valence-electron chi connectivity index (χ0n) is 9.47. The molecule has 1 fully saturated rings. The number of carboxylic acids is 1. The van der Waals surface area contributed by atoms with Gasteiger partial charge in [-0.2, -0.15) is 0 Å². The molecular weight excluding hydrogens is 336 g/mol. The van der Waals surface area contributed by atoms with Crippen molar-refractivity contribution in [3.63, 3.8) is 0 Å². The molecule has 2 amide bonds. The summed E-state index contributed by atoms with van der Waals surface area (Å²) in [5.41, 5.74) is 0.430. The van der Waals surface area contributed by atoms with Gasteiger partial charge in [0.25, 0.3) is 5.24 Å². The highest BCUT2D eigenvalue weighted by Gasteiger charge is 2.28. The molecule has 0 aromatic heterocycles. The Hall–Kier alpha value is -1.54. The fourth-order valence-corrected chi connectivity index (χ4v) is 2.62. The molecule has 0 saturated carbocycles. The maximum atomic E-state index is 11.9. The standard InChI is InChI=1S/C11H9BrN2O4S/c12-6-2-1-5(10(16)17)3-7(6)13-9(15)8-4-19-11(18)14-8/h1-3,8H,4H2,(H,13,15)(H,14,18)(H,16,17). The second-order valence-electron chi connectivity index (χ2n) is 3.78. The fraction of sp³-hybridized carbons (Fsp3) is 0.182. The van der Waals surface area contributed by atoms with E-state index in [4.69, 9.17) is 5.11 Å². The molecule has 1 unspecified atom stereocenters. The van der Waals surface area contributed by atoms with E-state index in [1.54, 1.807) is 6.07 Å². The van der Waals surface area contributed by atoms with Gasteiger partial charge in [0.15, 0.2) is 0 Å². The monoisotopic (exact) mass is 344 g/mol. The van der Waals surface area contributed by atoms with Crippen LogP contribution in [0.1, 0.15) is 10.4 Å². The number of hydrogen-bond acceptors (Lipinski definition) is 4. The van der Waals surface area contributed by atoms with Crippen LogP contribution in [0.15, 0.2) is 22.7 Å². The molecule has 1 atom stereocenters. The molecule has 6 nitrogen and oxygen atoms in total. The molecule has 1 aliphatic heterocycles. The Labute approximate surface area is 121 Å². The van der Waals surface area contributed by atoms with E-state index >= 15 is 0 Å². The molecule has 1 saturated heterocycles. The molecule has 0 bridgehead atoms. The minimum Gasteiger partial charge on any atom is -0.478 e. The van der Waals surface area contributed by atoms with E-state index in [0.717, 1.165) is 11.8 Å². The highest BCUT2D eigenvalue weighted by atomic mass is 79.9. The number of carboxylic acid groups (broad SMARTS) is 1. The van der Waals surface area contributed by atoms with Gasteiger partial charge in [0.2, 0.25) is 5.91 Å². The van der Waals surface area contributed by atoms with E-state index in [2.05, 4.69) is 26.6 Å². The summed E-state index contributed by atoms with van der Waals surface area (Å²) in [6.45, 7) is 0. The van der Waals surface area contributed by atoms with Crippen LogP contribution >= 0.6 is 27.7 Å². The summed E-state index contributed by atoms with van der Waals surface area (Å²) in [7, 11) is 0. The Morgan fingerprint density at radius 2 is 2.21 bits per heavy atom. The fourth-order valence-electron chi connectivity index (χ4n) is 1.50. The second kappa shape index (κ2) is 5.62. The first-order valence-electron chi connectivity index (χ1n) is 5.24. The lowest BCUT2D eigenvalue weighted by atomic mass is 10.2. The molecule has 19 heavy (non-hydrogen) atoms. The largest absolute Gasteiger partial charge is 0.478 e. The SMILES string of the molecule is O=C1NC(C(=O)Nc2cc(C(=O)O)ccc2Br)CS1. The van der Waals surface area contributed by atoms with E-state index < -0.39 is 12.0 Å². The molecule has 1 aromatic rings. The van der Waals surface area contributed by atoms with E-state index in [9.17, 15) is 14.4 Å². The minimum absolute atomic E-state index is 0.0725. The number of thioether (sulfide) groups is 1. The van der Waals surface area contributed by atoms with Gasteiger partial charge in [-0.25, -0.2) is 4.79 Å². The topological polar surface area (TPSA) is 95.5 Å². The van der Waals surface area contributed by atoms with E-state index in [-0.39, 0.29) is 16.7 Å². The zero-order chi connectivity index (χ0) is 14.0. The number of nitrogens with one attached hydrogen (secondary N) is 2. The summed E-state index contributed by atoms with van der Waals surface area (Å²) in [6.07, 6.45) is 0. The Kier molecular flexibility index (Phi) is 4.11. The van der Waals surface area contributed by atoms with Crippen molar-refractivity contribution in [1.29, 1.82) is 0 Å². The Morgan fingerprint density at radius 3 is 2.79 bits per heavy atom. The number of aromatic carboxylic acids is 1. The summed E-state index contributed by atoms with van der Waals surface area (Å²) in [5, 5.41) is 13.8. The van der Waals surface area contributed by atoms with Gasteiger partial charge in [-0.1, -0.05) is 11.8 Å². The minimum atomic E-state index is -1.08. The Balaban J connectivity index is 2.14. The van der Waals surface area contributed by atoms with E-state index in [0.29, 0.717) is 15.9 Å². The van der Waals surface area contributed by atoms with Crippen LogP contribution in [0.3, 0.4) is 0 Å². The Morgan fingerprint density at radius 1 is 1.47 bits per heavy atom. The van der Waals surface area contributed by atoms with E-state index in [1.165, 1.54) is 12.1 Å².